The van der Waals surface area contributed by atoms with E-state index in [-0.39, 0.29) is 6.04 Å². The first-order valence-electron chi connectivity index (χ1n) is 5.01. The van der Waals surface area contributed by atoms with Crippen molar-refractivity contribution < 1.29 is 0 Å². The van der Waals surface area contributed by atoms with Crippen LogP contribution in [0.25, 0.3) is 0 Å². The molecule has 82 valence electrons. The van der Waals surface area contributed by atoms with Gasteiger partial charge in [-0.15, -0.1) is 0 Å². The molecule has 1 aromatic carbocycles. The molecule has 0 bridgehead atoms. The number of amidine groups is 1. The molecule has 2 rings (SSSR count). The Bertz CT molecular complexity index is 460. The van der Waals surface area contributed by atoms with Gasteiger partial charge in [0.05, 0.1) is 0 Å². The van der Waals surface area contributed by atoms with Gasteiger partial charge in [-0.25, -0.2) is 4.98 Å². The van der Waals surface area contributed by atoms with Gasteiger partial charge in [0.1, 0.15) is 24.0 Å². The maximum atomic E-state index is 5.89. The fourth-order valence-corrected chi connectivity index (χ4v) is 1.37. The lowest BCUT2D eigenvalue weighted by Gasteiger charge is -2.05. The van der Waals surface area contributed by atoms with Crippen LogP contribution >= 0.6 is 0 Å². The summed E-state index contributed by atoms with van der Waals surface area (Å²) in [5.41, 5.74) is 6.80. The van der Waals surface area contributed by atoms with Gasteiger partial charge in [-0.1, -0.05) is 30.3 Å². The number of aromatic nitrogens is 3. The monoisotopic (exact) mass is 215 g/mol. The Morgan fingerprint density at radius 2 is 2.12 bits per heavy atom. The minimum Gasteiger partial charge on any atom is -0.383 e. The number of hydrogen-bond donors (Lipinski definition) is 2. The molecular weight excluding hydrogens is 202 g/mol. The van der Waals surface area contributed by atoms with Gasteiger partial charge in [0.15, 0.2) is 0 Å². The number of benzene rings is 1. The molecule has 1 heterocycles. The van der Waals surface area contributed by atoms with Gasteiger partial charge < -0.3 is 5.73 Å². The number of nitrogens with zero attached hydrogens (tertiary/aromatic N) is 3. The number of aliphatic imine (C=N–C) groups is 1. The van der Waals surface area contributed by atoms with E-state index in [0.717, 1.165) is 5.56 Å². The SMILES string of the molecule is CC(N=C(N)c1ccccc1)c1ncn[nH]1. The number of nitrogens with one attached hydrogen (secondary N) is 1. The molecule has 0 fully saturated rings. The lowest BCUT2D eigenvalue weighted by atomic mass is 10.2. The number of nitrogens with two attached hydrogens (primary N) is 1. The van der Waals surface area contributed by atoms with E-state index in [9.17, 15) is 0 Å². The molecule has 0 spiro atoms. The number of aromatic amines is 1. The van der Waals surface area contributed by atoms with E-state index in [4.69, 9.17) is 5.73 Å². The van der Waals surface area contributed by atoms with Gasteiger partial charge >= 0.3 is 0 Å². The summed E-state index contributed by atoms with van der Waals surface area (Å²) in [5, 5.41) is 6.55. The van der Waals surface area contributed by atoms with Gasteiger partial charge in [0.2, 0.25) is 0 Å². The van der Waals surface area contributed by atoms with Crippen LogP contribution in [-0.4, -0.2) is 21.0 Å². The molecule has 0 aliphatic carbocycles. The third-order valence-corrected chi connectivity index (χ3v) is 2.23. The molecule has 0 radical (unpaired) electrons. The smallest absolute Gasteiger partial charge is 0.148 e. The number of H-pyrrole nitrogens is 1. The van der Waals surface area contributed by atoms with Crippen molar-refractivity contribution in [2.45, 2.75) is 13.0 Å². The summed E-state index contributed by atoms with van der Waals surface area (Å²) in [4.78, 5) is 8.38. The van der Waals surface area contributed by atoms with E-state index >= 15 is 0 Å². The Labute approximate surface area is 93.4 Å². The Balaban J connectivity index is 2.19. The Hall–Kier alpha value is -2.17. The molecule has 1 aromatic heterocycles. The van der Waals surface area contributed by atoms with Crippen LogP contribution in [0.1, 0.15) is 24.4 Å². The van der Waals surface area contributed by atoms with Crippen molar-refractivity contribution in [2.75, 3.05) is 0 Å². The van der Waals surface area contributed by atoms with E-state index in [0.29, 0.717) is 11.7 Å². The Morgan fingerprint density at radius 1 is 1.38 bits per heavy atom. The first kappa shape index (κ1) is 10.4. The normalized spacial score (nSPS) is 13.7. The highest BCUT2D eigenvalue weighted by atomic mass is 15.2. The van der Waals surface area contributed by atoms with Crippen LogP contribution in [0.15, 0.2) is 41.7 Å². The molecule has 1 atom stereocenters. The summed E-state index contributed by atoms with van der Waals surface area (Å²) in [6.07, 6.45) is 1.46. The topological polar surface area (TPSA) is 79.9 Å². The summed E-state index contributed by atoms with van der Waals surface area (Å²) in [7, 11) is 0. The molecule has 16 heavy (non-hydrogen) atoms. The number of rotatable bonds is 3. The molecule has 5 heteroatoms. The fourth-order valence-electron chi connectivity index (χ4n) is 1.37. The van der Waals surface area contributed by atoms with Crippen LogP contribution < -0.4 is 5.73 Å². The zero-order valence-electron chi connectivity index (χ0n) is 8.96. The third kappa shape index (κ3) is 2.25. The molecule has 0 aliphatic rings. The summed E-state index contributed by atoms with van der Waals surface area (Å²) < 4.78 is 0. The average molecular weight is 215 g/mol. The largest absolute Gasteiger partial charge is 0.383 e. The van der Waals surface area contributed by atoms with Crippen LogP contribution in [-0.2, 0) is 0 Å². The van der Waals surface area contributed by atoms with Gasteiger partial charge in [-0.3, -0.25) is 10.1 Å². The van der Waals surface area contributed by atoms with Crippen molar-refractivity contribution in [2.24, 2.45) is 10.7 Å². The van der Waals surface area contributed by atoms with E-state index in [1.807, 2.05) is 37.3 Å². The highest BCUT2D eigenvalue weighted by molar-refractivity contribution is 5.97. The molecule has 0 saturated heterocycles. The second-order valence-electron chi connectivity index (χ2n) is 3.43. The average Bonchev–Trinajstić information content (AvgIpc) is 2.83. The fraction of sp³-hybridized carbons (Fsp3) is 0.182. The molecule has 0 saturated carbocycles. The molecule has 0 aliphatic heterocycles. The van der Waals surface area contributed by atoms with E-state index < -0.39 is 0 Å². The van der Waals surface area contributed by atoms with Crippen LogP contribution in [0, 0.1) is 0 Å². The highest BCUT2D eigenvalue weighted by Gasteiger charge is 2.07. The van der Waals surface area contributed by atoms with Crippen LogP contribution in [0.2, 0.25) is 0 Å². The minimum absolute atomic E-state index is 0.122. The maximum Gasteiger partial charge on any atom is 0.148 e. The summed E-state index contributed by atoms with van der Waals surface area (Å²) in [5.74, 6) is 1.21. The van der Waals surface area contributed by atoms with Gasteiger partial charge in [0, 0.05) is 5.56 Å². The third-order valence-electron chi connectivity index (χ3n) is 2.23. The summed E-state index contributed by atoms with van der Waals surface area (Å²) in [6.45, 7) is 1.91. The van der Waals surface area contributed by atoms with Crippen molar-refractivity contribution in [1.82, 2.24) is 15.2 Å². The van der Waals surface area contributed by atoms with E-state index in [2.05, 4.69) is 20.2 Å². The van der Waals surface area contributed by atoms with Crippen molar-refractivity contribution in [3.8, 4) is 0 Å². The lowest BCUT2D eigenvalue weighted by molar-refractivity contribution is 0.746. The first-order chi connectivity index (χ1) is 7.77. The molecular formula is C11H13N5. The lowest BCUT2D eigenvalue weighted by Crippen LogP contribution is -2.14. The second-order valence-corrected chi connectivity index (χ2v) is 3.43. The second kappa shape index (κ2) is 4.57. The van der Waals surface area contributed by atoms with Crippen LogP contribution in [0.5, 0.6) is 0 Å². The predicted molar refractivity (Wildman–Crippen MR) is 62.0 cm³/mol. The standard InChI is InChI=1S/C11H13N5/c1-8(11-13-7-14-16-11)15-10(12)9-5-3-2-4-6-9/h2-8H,1H3,(H2,12,15)(H,13,14,16). The molecule has 2 aromatic rings. The molecule has 1 unspecified atom stereocenters. The van der Waals surface area contributed by atoms with Gasteiger partial charge in [-0.2, -0.15) is 5.10 Å². The Morgan fingerprint density at radius 3 is 2.75 bits per heavy atom. The van der Waals surface area contributed by atoms with Gasteiger partial charge in [0.25, 0.3) is 0 Å². The highest BCUT2D eigenvalue weighted by Crippen LogP contribution is 2.11. The molecule has 5 nitrogen and oxygen atoms in total. The van der Waals surface area contributed by atoms with Crippen molar-refractivity contribution in [1.29, 1.82) is 0 Å². The van der Waals surface area contributed by atoms with E-state index in [1.54, 1.807) is 0 Å². The zero-order chi connectivity index (χ0) is 11.4. The quantitative estimate of drug-likeness (QED) is 0.597. The maximum absolute atomic E-state index is 5.89. The number of hydrogen-bond acceptors (Lipinski definition) is 3. The van der Waals surface area contributed by atoms with Crippen LogP contribution in [0.4, 0.5) is 0 Å². The minimum atomic E-state index is -0.122. The first-order valence-corrected chi connectivity index (χ1v) is 5.01. The predicted octanol–water partition coefficient (Wildman–Crippen LogP) is 1.27. The van der Waals surface area contributed by atoms with E-state index in [1.165, 1.54) is 6.33 Å². The van der Waals surface area contributed by atoms with Gasteiger partial charge in [-0.05, 0) is 6.92 Å². The van der Waals surface area contributed by atoms with Crippen molar-refractivity contribution in [3.63, 3.8) is 0 Å². The zero-order valence-corrected chi connectivity index (χ0v) is 8.96. The van der Waals surface area contributed by atoms with Crippen molar-refractivity contribution in [3.05, 3.63) is 48.0 Å². The van der Waals surface area contributed by atoms with Crippen LogP contribution in [0.3, 0.4) is 0 Å². The van der Waals surface area contributed by atoms with Crippen molar-refractivity contribution >= 4 is 5.84 Å². The Kier molecular flexibility index (Phi) is 2.95. The summed E-state index contributed by atoms with van der Waals surface area (Å²) >= 11 is 0. The summed E-state index contributed by atoms with van der Waals surface area (Å²) in [6, 6.07) is 9.52. The molecule has 0 amide bonds. The molecule has 3 N–H and O–H groups in total.